The number of carbonyl (C=O) groups is 2. The second kappa shape index (κ2) is 8.65. The van der Waals surface area contributed by atoms with E-state index >= 15 is 0 Å². The molecule has 1 heterocycles. The highest BCUT2D eigenvalue weighted by molar-refractivity contribution is 9.10. The zero-order valence-corrected chi connectivity index (χ0v) is 15.1. The first-order valence-corrected chi connectivity index (χ1v) is 8.47. The molecule has 0 radical (unpaired) electrons. The molecule has 0 aliphatic heterocycles. The van der Waals surface area contributed by atoms with Crippen LogP contribution in [0.4, 0.5) is 5.69 Å². The molecule has 0 saturated carbocycles. The van der Waals surface area contributed by atoms with Gasteiger partial charge in [0.2, 0.25) is 0 Å². The molecule has 0 unspecified atom stereocenters. The number of hydrogen-bond donors (Lipinski definition) is 3. The fourth-order valence-corrected chi connectivity index (χ4v) is 2.41. The average molecular weight is 394 g/mol. The molecule has 0 spiro atoms. The molecule has 2 amide bonds. The lowest BCUT2D eigenvalue weighted by Gasteiger charge is -2.13. The predicted molar refractivity (Wildman–Crippen MR) is 96.3 cm³/mol. The average Bonchev–Trinajstić information content (AvgIpc) is 3.00. The van der Waals surface area contributed by atoms with Crippen LogP contribution in [0, 0.1) is 0 Å². The van der Waals surface area contributed by atoms with E-state index in [-0.39, 0.29) is 23.6 Å². The number of carbonyl (C=O) groups excluding carboxylic acids is 2. The Labute approximate surface area is 149 Å². The number of benzene rings is 1. The van der Waals surface area contributed by atoms with Gasteiger partial charge < -0.3 is 20.4 Å². The van der Waals surface area contributed by atoms with E-state index < -0.39 is 0 Å². The van der Waals surface area contributed by atoms with Crippen LogP contribution < -0.4 is 16.0 Å². The van der Waals surface area contributed by atoms with Crippen LogP contribution in [0.1, 0.15) is 34.8 Å². The van der Waals surface area contributed by atoms with E-state index in [1.165, 1.54) is 0 Å². The van der Waals surface area contributed by atoms with Gasteiger partial charge in [0.05, 0.1) is 0 Å². The lowest BCUT2D eigenvalue weighted by molar-refractivity contribution is 0.0949. The van der Waals surface area contributed by atoms with Crippen molar-refractivity contribution in [1.82, 2.24) is 10.6 Å². The van der Waals surface area contributed by atoms with Crippen molar-refractivity contribution in [2.75, 3.05) is 18.4 Å². The quantitative estimate of drug-likeness (QED) is 0.674. The summed E-state index contributed by atoms with van der Waals surface area (Å²) in [7, 11) is 0. The Hall–Kier alpha value is -2.12. The van der Waals surface area contributed by atoms with Gasteiger partial charge in [-0.3, -0.25) is 9.59 Å². The highest BCUT2D eigenvalue weighted by Crippen LogP contribution is 2.16. The van der Waals surface area contributed by atoms with Crippen molar-refractivity contribution in [2.45, 2.75) is 19.9 Å². The smallest absolute Gasteiger partial charge is 0.291 e. The number of hydrogen-bond acceptors (Lipinski definition) is 4. The lowest BCUT2D eigenvalue weighted by atomic mass is 10.2. The van der Waals surface area contributed by atoms with Crippen LogP contribution in [0.5, 0.6) is 0 Å². The van der Waals surface area contributed by atoms with Gasteiger partial charge in [-0.05, 0) is 65.8 Å². The van der Waals surface area contributed by atoms with Crippen LogP contribution in [0.3, 0.4) is 0 Å². The van der Waals surface area contributed by atoms with Crippen LogP contribution in [0.25, 0.3) is 0 Å². The standard InChI is InChI=1S/C17H20BrN3O3/c1-3-19-11(2)10-20-16(22)12-4-6-13(7-5-12)21-17(23)14-8-9-15(18)24-14/h4-9,11,19H,3,10H2,1-2H3,(H,20,22)(H,21,23)/t11-/m1/s1. The molecule has 3 N–H and O–H groups in total. The Morgan fingerprint density at radius 1 is 1.12 bits per heavy atom. The van der Waals surface area contributed by atoms with Crippen LogP contribution in [-0.4, -0.2) is 30.9 Å². The van der Waals surface area contributed by atoms with E-state index in [9.17, 15) is 9.59 Å². The molecule has 2 rings (SSSR count). The number of likely N-dealkylation sites (N-methyl/N-ethyl adjacent to an activating group) is 1. The zero-order valence-electron chi connectivity index (χ0n) is 13.6. The van der Waals surface area contributed by atoms with Gasteiger partial charge in [0.25, 0.3) is 11.8 Å². The third kappa shape index (κ3) is 5.21. The number of anilines is 1. The minimum Gasteiger partial charge on any atom is -0.444 e. The summed E-state index contributed by atoms with van der Waals surface area (Å²) in [6.07, 6.45) is 0. The molecule has 1 aromatic carbocycles. The number of nitrogens with one attached hydrogen (secondary N) is 3. The molecule has 0 fully saturated rings. The van der Waals surface area contributed by atoms with E-state index in [2.05, 4.69) is 31.9 Å². The fourth-order valence-electron chi connectivity index (χ4n) is 2.10. The van der Waals surface area contributed by atoms with Crippen molar-refractivity contribution in [3.63, 3.8) is 0 Å². The summed E-state index contributed by atoms with van der Waals surface area (Å²) in [4.78, 5) is 24.0. The van der Waals surface area contributed by atoms with Crippen LogP contribution in [-0.2, 0) is 0 Å². The van der Waals surface area contributed by atoms with Gasteiger partial charge in [-0.25, -0.2) is 0 Å². The Balaban J connectivity index is 1.90. The van der Waals surface area contributed by atoms with E-state index in [1.807, 2.05) is 13.8 Å². The van der Waals surface area contributed by atoms with Gasteiger partial charge >= 0.3 is 0 Å². The Bertz CT molecular complexity index is 697. The van der Waals surface area contributed by atoms with E-state index in [1.54, 1.807) is 36.4 Å². The molecule has 0 saturated heterocycles. The van der Waals surface area contributed by atoms with Gasteiger partial charge in [-0.2, -0.15) is 0 Å². The number of amides is 2. The first-order chi connectivity index (χ1) is 11.5. The summed E-state index contributed by atoms with van der Waals surface area (Å²) in [6.45, 7) is 5.44. The molecule has 24 heavy (non-hydrogen) atoms. The SMILES string of the molecule is CCN[C@H](C)CNC(=O)c1ccc(NC(=O)c2ccc(Br)o2)cc1. The zero-order chi connectivity index (χ0) is 17.5. The molecule has 128 valence electrons. The van der Waals surface area contributed by atoms with Gasteiger partial charge in [0.15, 0.2) is 10.4 Å². The first kappa shape index (κ1) is 18.2. The van der Waals surface area contributed by atoms with E-state index in [0.717, 1.165) is 6.54 Å². The van der Waals surface area contributed by atoms with Crippen molar-refractivity contribution < 1.29 is 14.0 Å². The molecule has 2 aromatic rings. The van der Waals surface area contributed by atoms with Crippen molar-refractivity contribution in [2.24, 2.45) is 0 Å². The Morgan fingerprint density at radius 2 is 1.83 bits per heavy atom. The first-order valence-electron chi connectivity index (χ1n) is 7.68. The van der Waals surface area contributed by atoms with Crippen molar-refractivity contribution in [3.05, 3.63) is 52.4 Å². The summed E-state index contributed by atoms with van der Waals surface area (Å²) in [5.74, 6) is -0.286. The molecular weight excluding hydrogens is 374 g/mol. The third-order valence-electron chi connectivity index (χ3n) is 3.32. The third-order valence-corrected chi connectivity index (χ3v) is 3.75. The number of rotatable bonds is 7. The Kier molecular flexibility index (Phi) is 6.57. The maximum Gasteiger partial charge on any atom is 0.291 e. The Morgan fingerprint density at radius 3 is 2.42 bits per heavy atom. The maximum atomic E-state index is 12.1. The molecule has 1 atom stereocenters. The maximum absolute atomic E-state index is 12.1. The van der Waals surface area contributed by atoms with Crippen molar-refractivity contribution >= 4 is 33.4 Å². The monoisotopic (exact) mass is 393 g/mol. The molecule has 7 heteroatoms. The highest BCUT2D eigenvalue weighted by atomic mass is 79.9. The van der Waals surface area contributed by atoms with Crippen molar-refractivity contribution in [3.8, 4) is 0 Å². The molecule has 1 aromatic heterocycles. The second-order valence-electron chi connectivity index (χ2n) is 5.30. The van der Waals surface area contributed by atoms with Gasteiger partial charge in [-0.15, -0.1) is 0 Å². The largest absolute Gasteiger partial charge is 0.444 e. The van der Waals surface area contributed by atoms with Crippen LogP contribution in [0.2, 0.25) is 0 Å². The second-order valence-corrected chi connectivity index (χ2v) is 6.09. The summed E-state index contributed by atoms with van der Waals surface area (Å²) < 4.78 is 5.68. The van der Waals surface area contributed by atoms with Crippen LogP contribution in [0.15, 0.2) is 45.5 Å². The van der Waals surface area contributed by atoms with Gasteiger partial charge in [0, 0.05) is 23.8 Å². The number of halogens is 1. The van der Waals surface area contributed by atoms with Gasteiger partial charge in [0.1, 0.15) is 0 Å². The fraction of sp³-hybridized carbons (Fsp3) is 0.294. The molecule has 0 aliphatic rings. The van der Waals surface area contributed by atoms with Crippen LogP contribution >= 0.6 is 15.9 Å². The normalized spacial score (nSPS) is 11.8. The topological polar surface area (TPSA) is 83.4 Å². The molecule has 0 bridgehead atoms. The molecular formula is C17H20BrN3O3. The summed E-state index contributed by atoms with van der Waals surface area (Å²) in [6, 6.07) is 10.1. The summed E-state index contributed by atoms with van der Waals surface area (Å²) in [5, 5.41) is 8.80. The summed E-state index contributed by atoms with van der Waals surface area (Å²) in [5.41, 5.74) is 1.13. The lowest BCUT2D eigenvalue weighted by Crippen LogP contribution is -2.38. The van der Waals surface area contributed by atoms with Gasteiger partial charge in [-0.1, -0.05) is 6.92 Å². The van der Waals surface area contributed by atoms with E-state index in [4.69, 9.17) is 4.42 Å². The highest BCUT2D eigenvalue weighted by Gasteiger charge is 2.11. The number of furan rings is 1. The molecule has 6 nitrogen and oxygen atoms in total. The predicted octanol–water partition coefficient (Wildman–Crippen LogP) is 3.02. The molecule has 0 aliphatic carbocycles. The summed E-state index contributed by atoms with van der Waals surface area (Å²) >= 11 is 3.15. The minimum atomic E-state index is -0.350. The van der Waals surface area contributed by atoms with Crippen molar-refractivity contribution in [1.29, 1.82) is 0 Å². The minimum absolute atomic E-state index is 0.146. The van der Waals surface area contributed by atoms with E-state index in [0.29, 0.717) is 22.5 Å².